The summed E-state index contributed by atoms with van der Waals surface area (Å²) in [5.74, 6) is 0.540. The Morgan fingerprint density at radius 3 is 2.60 bits per heavy atom. The second-order valence-corrected chi connectivity index (χ2v) is 3.60. The number of hydrogen-bond donors (Lipinski definition) is 1. The van der Waals surface area contributed by atoms with Gasteiger partial charge in [0.2, 0.25) is 0 Å². The van der Waals surface area contributed by atoms with Gasteiger partial charge in [-0.05, 0) is 23.6 Å². The van der Waals surface area contributed by atoms with E-state index in [0.717, 1.165) is 5.56 Å². The molecule has 15 heavy (non-hydrogen) atoms. The summed E-state index contributed by atoms with van der Waals surface area (Å²) in [6.07, 6.45) is -2.70. The van der Waals surface area contributed by atoms with Crippen LogP contribution in [0.1, 0.15) is 25.3 Å². The molecule has 1 heterocycles. The molecular weight excluding hydrogens is 205 g/mol. The van der Waals surface area contributed by atoms with E-state index in [1.54, 1.807) is 12.1 Å². The molecule has 0 fully saturated rings. The van der Waals surface area contributed by atoms with Crippen molar-refractivity contribution in [2.24, 2.45) is 0 Å². The molecule has 0 aliphatic carbocycles. The van der Waals surface area contributed by atoms with Crippen LogP contribution in [0.25, 0.3) is 0 Å². The molecule has 1 aromatic rings. The summed E-state index contributed by atoms with van der Waals surface area (Å²) in [4.78, 5) is 3.81. The Balaban J connectivity index is 2.66. The van der Waals surface area contributed by atoms with E-state index in [1.807, 2.05) is 13.8 Å². The molecule has 0 saturated heterocycles. The monoisotopic (exact) mass is 218 g/mol. The summed E-state index contributed by atoms with van der Waals surface area (Å²) in [6.45, 7) is 2.90. The molecule has 0 aromatic carbocycles. The number of hydrogen-bond acceptors (Lipinski definition) is 2. The van der Waals surface area contributed by atoms with E-state index >= 15 is 0 Å². The number of nitrogens with one attached hydrogen (secondary N) is 1. The maximum absolute atomic E-state index is 11.9. The number of pyridine rings is 1. The second kappa shape index (κ2) is 4.51. The Kier molecular flexibility index (Phi) is 3.55. The zero-order valence-electron chi connectivity index (χ0n) is 8.60. The van der Waals surface area contributed by atoms with Gasteiger partial charge in [-0.3, -0.25) is 0 Å². The van der Waals surface area contributed by atoms with Crippen molar-refractivity contribution in [1.29, 1.82) is 0 Å². The van der Waals surface area contributed by atoms with Gasteiger partial charge in [-0.15, -0.1) is 0 Å². The van der Waals surface area contributed by atoms with E-state index in [0.29, 0.717) is 0 Å². The van der Waals surface area contributed by atoms with Crippen LogP contribution < -0.4 is 5.32 Å². The zero-order chi connectivity index (χ0) is 11.5. The van der Waals surface area contributed by atoms with E-state index in [-0.39, 0.29) is 11.7 Å². The SMILES string of the molecule is CC(C)c1ccnc(NCC(F)(F)F)c1. The highest BCUT2D eigenvalue weighted by atomic mass is 19.4. The molecule has 0 atom stereocenters. The molecule has 0 saturated carbocycles. The van der Waals surface area contributed by atoms with Crippen LogP contribution in [0, 0.1) is 0 Å². The highest BCUT2D eigenvalue weighted by molar-refractivity contribution is 5.38. The first-order valence-electron chi connectivity index (χ1n) is 4.65. The van der Waals surface area contributed by atoms with Gasteiger partial charge in [-0.1, -0.05) is 13.8 Å². The van der Waals surface area contributed by atoms with Gasteiger partial charge in [-0.2, -0.15) is 13.2 Å². The van der Waals surface area contributed by atoms with Crippen molar-refractivity contribution < 1.29 is 13.2 Å². The van der Waals surface area contributed by atoms with Crippen molar-refractivity contribution >= 4 is 5.82 Å². The van der Waals surface area contributed by atoms with E-state index < -0.39 is 12.7 Å². The third kappa shape index (κ3) is 4.18. The van der Waals surface area contributed by atoms with Crippen molar-refractivity contribution in [3.8, 4) is 0 Å². The minimum Gasteiger partial charge on any atom is -0.361 e. The van der Waals surface area contributed by atoms with Gasteiger partial charge in [0, 0.05) is 6.20 Å². The maximum Gasteiger partial charge on any atom is 0.405 e. The van der Waals surface area contributed by atoms with Crippen LogP contribution >= 0.6 is 0 Å². The van der Waals surface area contributed by atoms with Crippen LogP contribution in [0.4, 0.5) is 19.0 Å². The maximum atomic E-state index is 11.9. The van der Waals surface area contributed by atoms with Gasteiger partial charge < -0.3 is 5.32 Å². The molecule has 0 bridgehead atoms. The topological polar surface area (TPSA) is 24.9 Å². The standard InChI is InChI=1S/C10H13F3N2/c1-7(2)8-3-4-14-9(5-8)15-6-10(11,12)13/h3-5,7H,6H2,1-2H3,(H,14,15). The zero-order valence-corrected chi connectivity index (χ0v) is 8.60. The molecule has 0 spiro atoms. The molecule has 0 aliphatic rings. The van der Waals surface area contributed by atoms with Gasteiger partial charge in [0.05, 0.1) is 0 Å². The summed E-state index contributed by atoms with van der Waals surface area (Å²) in [6, 6.07) is 3.43. The number of aromatic nitrogens is 1. The van der Waals surface area contributed by atoms with E-state index in [2.05, 4.69) is 10.3 Å². The van der Waals surface area contributed by atoms with Crippen molar-refractivity contribution in [3.05, 3.63) is 23.9 Å². The van der Waals surface area contributed by atoms with Gasteiger partial charge in [-0.25, -0.2) is 4.98 Å². The fourth-order valence-electron chi connectivity index (χ4n) is 1.09. The number of rotatable bonds is 3. The van der Waals surface area contributed by atoms with Crippen molar-refractivity contribution in [3.63, 3.8) is 0 Å². The summed E-state index contributed by atoms with van der Waals surface area (Å²) in [5.41, 5.74) is 0.967. The first-order valence-corrected chi connectivity index (χ1v) is 4.65. The van der Waals surface area contributed by atoms with Gasteiger partial charge in [0.15, 0.2) is 0 Å². The summed E-state index contributed by atoms with van der Waals surface area (Å²) < 4.78 is 35.7. The van der Waals surface area contributed by atoms with Crippen molar-refractivity contribution in [2.45, 2.75) is 25.9 Å². The molecule has 0 unspecified atom stereocenters. The quantitative estimate of drug-likeness (QED) is 0.842. The molecule has 0 aliphatic heterocycles. The van der Waals surface area contributed by atoms with Crippen LogP contribution in [0.15, 0.2) is 18.3 Å². The van der Waals surface area contributed by atoms with Crippen LogP contribution in [-0.2, 0) is 0 Å². The number of alkyl halides is 3. The molecule has 2 nitrogen and oxygen atoms in total. The van der Waals surface area contributed by atoms with Crippen LogP contribution in [0.2, 0.25) is 0 Å². The molecule has 5 heteroatoms. The molecule has 1 aromatic heterocycles. The lowest BCUT2D eigenvalue weighted by Gasteiger charge is -2.10. The predicted octanol–water partition coefficient (Wildman–Crippen LogP) is 3.18. The van der Waals surface area contributed by atoms with Gasteiger partial charge >= 0.3 is 6.18 Å². The molecule has 0 radical (unpaired) electrons. The van der Waals surface area contributed by atoms with E-state index in [9.17, 15) is 13.2 Å². The third-order valence-electron chi connectivity index (χ3n) is 1.92. The van der Waals surface area contributed by atoms with Gasteiger partial charge in [0.25, 0.3) is 0 Å². The lowest BCUT2D eigenvalue weighted by atomic mass is 10.1. The first kappa shape index (κ1) is 11.8. The highest BCUT2D eigenvalue weighted by Gasteiger charge is 2.26. The largest absolute Gasteiger partial charge is 0.405 e. The Morgan fingerprint density at radius 1 is 1.40 bits per heavy atom. The Bertz CT molecular complexity index is 321. The fraction of sp³-hybridized carbons (Fsp3) is 0.500. The Hall–Kier alpha value is -1.26. The molecule has 84 valence electrons. The van der Waals surface area contributed by atoms with Crippen molar-refractivity contribution in [1.82, 2.24) is 4.98 Å². The molecule has 1 rings (SSSR count). The van der Waals surface area contributed by atoms with Crippen LogP contribution in [0.5, 0.6) is 0 Å². The number of nitrogens with zero attached hydrogens (tertiary/aromatic N) is 1. The van der Waals surface area contributed by atoms with Gasteiger partial charge in [0.1, 0.15) is 12.4 Å². The minimum atomic E-state index is -4.21. The molecular formula is C10H13F3N2. The lowest BCUT2D eigenvalue weighted by Crippen LogP contribution is -2.21. The number of anilines is 1. The summed E-state index contributed by atoms with van der Waals surface area (Å²) in [7, 11) is 0. The smallest absolute Gasteiger partial charge is 0.361 e. The average molecular weight is 218 g/mol. The molecule has 1 N–H and O–H groups in total. The lowest BCUT2D eigenvalue weighted by molar-refractivity contribution is -0.115. The molecule has 0 amide bonds. The minimum absolute atomic E-state index is 0.263. The predicted molar refractivity (Wildman–Crippen MR) is 52.9 cm³/mol. The van der Waals surface area contributed by atoms with Crippen LogP contribution in [0.3, 0.4) is 0 Å². The van der Waals surface area contributed by atoms with E-state index in [1.165, 1.54) is 6.20 Å². The highest BCUT2D eigenvalue weighted by Crippen LogP contribution is 2.18. The third-order valence-corrected chi connectivity index (χ3v) is 1.92. The second-order valence-electron chi connectivity index (χ2n) is 3.60. The fourth-order valence-corrected chi connectivity index (χ4v) is 1.09. The Morgan fingerprint density at radius 2 is 2.07 bits per heavy atom. The summed E-state index contributed by atoms with van der Waals surface area (Å²) in [5, 5.41) is 2.24. The van der Waals surface area contributed by atoms with Crippen LogP contribution in [-0.4, -0.2) is 17.7 Å². The van der Waals surface area contributed by atoms with Crippen molar-refractivity contribution in [2.75, 3.05) is 11.9 Å². The Labute approximate surface area is 86.5 Å². The first-order chi connectivity index (χ1) is 6.88. The normalized spacial score (nSPS) is 11.9. The number of halogens is 3. The summed E-state index contributed by atoms with van der Waals surface area (Å²) >= 11 is 0. The van der Waals surface area contributed by atoms with E-state index in [4.69, 9.17) is 0 Å². The average Bonchev–Trinajstić information content (AvgIpc) is 2.14.